The van der Waals surface area contributed by atoms with E-state index in [2.05, 4.69) is 25.2 Å². The van der Waals surface area contributed by atoms with Crippen molar-refractivity contribution in [1.29, 1.82) is 5.26 Å². The van der Waals surface area contributed by atoms with Gasteiger partial charge in [-0.1, -0.05) is 26.7 Å². The molecule has 1 heterocycles. The van der Waals surface area contributed by atoms with E-state index in [1.807, 2.05) is 0 Å². The Bertz CT molecular complexity index is 502. The fraction of sp³-hybridized carbons (Fsp3) is 0.900. The van der Waals surface area contributed by atoms with Crippen LogP contribution in [0.3, 0.4) is 0 Å². The lowest BCUT2D eigenvalue weighted by Crippen LogP contribution is -2.33. The minimum atomic E-state index is 0.134. The highest BCUT2D eigenvalue weighted by atomic mass is 35.5. The molecular formula is C20H31ClN2O. The summed E-state index contributed by atoms with van der Waals surface area (Å²) in [6.07, 6.45) is 8.34. The first-order valence-electron chi connectivity index (χ1n) is 9.86. The molecular weight excluding hydrogens is 320 g/mol. The first-order chi connectivity index (χ1) is 11.5. The molecule has 0 bridgehead atoms. The summed E-state index contributed by atoms with van der Waals surface area (Å²) in [4.78, 5) is 11.9. The van der Waals surface area contributed by atoms with Crippen LogP contribution in [-0.2, 0) is 4.79 Å². The van der Waals surface area contributed by atoms with Gasteiger partial charge in [0.25, 0.3) is 0 Å². The van der Waals surface area contributed by atoms with E-state index in [0.29, 0.717) is 42.1 Å². The van der Waals surface area contributed by atoms with Crippen molar-refractivity contribution in [2.45, 2.75) is 76.6 Å². The number of nitrogens with one attached hydrogen (secondary N) is 1. The van der Waals surface area contributed by atoms with Crippen molar-refractivity contribution >= 4 is 17.5 Å². The van der Waals surface area contributed by atoms with Crippen molar-refractivity contribution in [2.24, 2.45) is 35.5 Å². The van der Waals surface area contributed by atoms with Crippen molar-refractivity contribution in [2.75, 3.05) is 0 Å². The van der Waals surface area contributed by atoms with Gasteiger partial charge in [-0.2, -0.15) is 5.26 Å². The molecule has 3 fully saturated rings. The van der Waals surface area contributed by atoms with Gasteiger partial charge in [-0.25, -0.2) is 0 Å². The number of hydrogen-bond acceptors (Lipinski definition) is 2. The predicted octanol–water partition coefficient (Wildman–Crippen LogP) is 4.50. The molecule has 2 saturated carbocycles. The van der Waals surface area contributed by atoms with Crippen LogP contribution in [0.4, 0.5) is 0 Å². The van der Waals surface area contributed by atoms with Crippen molar-refractivity contribution in [3.05, 3.63) is 0 Å². The maximum atomic E-state index is 11.9. The molecule has 0 aromatic rings. The highest BCUT2D eigenvalue weighted by Crippen LogP contribution is 2.47. The lowest BCUT2D eigenvalue weighted by Gasteiger charge is -2.35. The largest absolute Gasteiger partial charge is 0.353 e. The van der Waals surface area contributed by atoms with Gasteiger partial charge < -0.3 is 5.32 Å². The molecule has 0 aromatic carbocycles. The minimum absolute atomic E-state index is 0.134. The number of hydrogen-bond donors (Lipinski definition) is 1. The monoisotopic (exact) mass is 350 g/mol. The van der Waals surface area contributed by atoms with Crippen molar-refractivity contribution < 1.29 is 4.79 Å². The van der Waals surface area contributed by atoms with E-state index < -0.39 is 0 Å². The summed E-state index contributed by atoms with van der Waals surface area (Å²) in [5.74, 6) is 3.29. The Labute approximate surface area is 151 Å². The molecule has 0 spiro atoms. The molecule has 8 atom stereocenters. The summed E-state index contributed by atoms with van der Waals surface area (Å²) >= 11 is 6.83. The van der Waals surface area contributed by atoms with Crippen LogP contribution in [-0.4, -0.2) is 17.3 Å². The Morgan fingerprint density at radius 1 is 1.21 bits per heavy atom. The van der Waals surface area contributed by atoms with E-state index in [9.17, 15) is 10.1 Å². The van der Waals surface area contributed by atoms with Crippen LogP contribution in [0.25, 0.3) is 0 Å². The third kappa shape index (κ3) is 3.59. The molecule has 8 unspecified atom stereocenters. The van der Waals surface area contributed by atoms with Gasteiger partial charge in [0.1, 0.15) is 0 Å². The standard InChI is InChI=1S/C20H31ClN2O/c1-3-14-9-16(12(2)7-19-17(14)10-20(24)23-19)15-6-4-5-13(11-22)8-18(15)21/h12-19H,3-10H2,1-2H3,(H,23,24). The van der Waals surface area contributed by atoms with E-state index in [-0.39, 0.29) is 17.2 Å². The maximum absolute atomic E-state index is 11.9. The molecule has 2 aliphatic carbocycles. The molecule has 1 aliphatic heterocycles. The molecule has 0 radical (unpaired) electrons. The summed E-state index contributed by atoms with van der Waals surface area (Å²) < 4.78 is 0. The summed E-state index contributed by atoms with van der Waals surface area (Å²) in [6, 6.07) is 2.82. The van der Waals surface area contributed by atoms with Crippen molar-refractivity contribution in [3.8, 4) is 6.07 Å². The molecule has 3 aliphatic rings. The van der Waals surface area contributed by atoms with E-state index >= 15 is 0 Å². The fourth-order valence-electron chi connectivity index (χ4n) is 5.80. The quantitative estimate of drug-likeness (QED) is 0.588. The molecule has 1 amide bonds. The SMILES string of the molecule is CCC1CC(C2CCCC(C#N)CC2Cl)C(C)CC2NC(=O)CC12. The number of carbonyl (C=O) groups is 1. The van der Waals surface area contributed by atoms with Gasteiger partial charge in [0, 0.05) is 23.8 Å². The molecule has 134 valence electrons. The Kier molecular flexibility index (Phi) is 5.75. The average Bonchev–Trinajstić information content (AvgIpc) is 2.73. The highest BCUT2D eigenvalue weighted by Gasteiger charge is 2.45. The van der Waals surface area contributed by atoms with Gasteiger partial charge in [0.15, 0.2) is 0 Å². The molecule has 24 heavy (non-hydrogen) atoms. The van der Waals surface area contributed by atoms with Crippen LogP contribution in [0.1, 0.15) is 65.2 Å². The van der Waals surface area contributed by atoms with Crippen LogP contribution in [0.2, 0.25) is 0 Å². The normalized spacial score (nSPS) is 46.3. The Balaban J connectivity index is 1.77. The molecule has 3 nitrogen and oxygen atoms in total. The highest BCUT2D eigenvalue weighted by molar-refractivity contribution is 6.20. The smallest absolute Gasteiger partial charge is 0.220 e. The summed E-state index contributed by atoms with van der Waals surface area (Å²) in [5, 5.41) is 12.7. The van der Waals surface area contributed by atoms with Crippen LogP contribution in [0.15, 0.2) is 0 Å². The predicted molar refractivity (Wildman–Crippen MR) is 96.4 cm³/mol. The minimum Gasteiger partial charge on any atom is -0.353 e. The summed E-state index contributed by atoms with van der Waals surface area (Å²) in [7, 11) is 0. The van der Waals surface area contributed by atoms with Crippen molar-refractivity contribution in [3.63, 3.8) is 0 Å². The Morgan fingerprint density at radius 2 is 2.00 bits per heavy atom. The Hall–Kier alpha value is -0.750. The Morgan fingerprint density at radius 3 is 2.71 bits per heavy atom. The zero-order valence-electron chi connectivity index (χ0n) is 15.0. The maximum Gasteiger partial charge on any atom is 0.220 e. The third-order valence-corrected chi connectivity index (χ3v) is 7.64. The number of nitriles is 1. The number of nitrogens with zero attached hydrogens (tertiary/aromatic N) is 1. The van der Waals surface area contributed by atoms with Gasteiger partial charge in [-0.05, 0) is 61.7 Å². The number of amides is 1. The topological polar surface area (TPSA) is 52.9 Å². The second-order valence-corrected chi connectivity index (χ2v) is 9.06. The molecule has 1 N–H and O–H groups in total. The van der Waals surface area contributed by atoms with Gasteiger partial charge in [-0.3, -0.25) is 4.79 Å². The van der Waals surface area contributed by atoms with Crippen LogP contribution < -0.4 is 5.32 Å². The number of carbonyl (C=O) groups excluding carboxylic acids is 1. The molecule has 4 heteroatoms. The zero-order valence-corrected chi connectivity index (χ0v) is 15.8. The zero-order chi connectivity index (χ0) is 17.3. The first-order valence-corrected chi connectivity index (χ1v) is 10.3. The van der Waals surface area contributed by atoms with Gasteiger partial charge >= 0.3 is 0 Å². The molecule has 0 aromatic heterocycles. The van der Waals surface area contributed by atoms with E-state index in [1.54, 1.807) is 0 Å². The van der Waals surface area contributed by atoms with Crippen LogP contribution >= 0.6 is 11.6 Å². The summed E-state index contributed by atoms with van der Waals surface area (Å²) in [6.45, 7) is 4.63. The number of alkyl halides is 1. The van der Waals surface area contributed by atoms with E-state index in [0.717, 1.165) is 32.1 Å². The lowest BCUT2D eigenvalue weighted by atomic mass is 9.73. The number of rotatable bonds is 2. The first kappa shape index (κ1) is 18.1. The van der Waals surface area contributed by atoms with Crippen LogP contribution in [0, 0.1) is 46.8 Å². The lowest BCUT2D eigenvalue weighted by molar-refractivity contribution is -0.119. The number of fused-ring (bicyclic) bond motifs is 1. The second kappa shape index (κ2) is 7.65. The second-order valence-electron chi connectivity index (χ2n) is 8.50. The number of halogens is 1. The third-order valence-electron chi connectivity index (χ3n) is 7.14. The van der Waals surface area contributed by atoms with Gasteiger partial charge in [0.2, 0.25) is 5.91 Å². The fourth-order valence-corrected chi connectivity index (χ4v) is 6.33. The van der Waals surface area contributed by atoms with E-state index in [1.165, 1.54) is 12.8 Å². The van der Waals surface area contributed by atoms with Crippen LogP contribution in [0.5, 0.6) is 0 Å². The average molecular weight is 351 g/mol. The van der Waals surface area contributed by atoms with Gasteiger partial charge in [-0.15, -0.1) is 11.6 Å². The van der Waals surface area contributed by atoms with Gasteiger partial charge in [0.05, 0.1) is 6.07 Å². The summed E-state index contributed by atoms with van der Waals surface area (Å²) in [5.41, 5.74) is 0. The van der Waals surface area contributed by atoms with Crippen molar-refractivity contribution in [1.82, 2.24) is 5.32 Å². The molecule has 3 rings (SSSR count). The molecule has 1 saturated heterocycles. The van der Waals surface area contributed by atoms with E-state index in [4.69, 9.17) is 11.6 Å².